The molecule has 0 aliphatic carbocycles. The van der Waals surface area contributed by atoms with E-state index >= 15 is 0 Å². The van der Waals surface area contributed by atoms with Gasteiger partial charge in [0.1, 0.15) is 17.3 Å². The Balaban J connectivity index is 1.76. The Labute approximate surface area is 170 Å². The molecule has 152 valence electrons. The topological polar surface area (TPSA) is 74.9 Å². The third-order valence-electron chi connectivity index (χ3n) is 4.48. The highest BCUT2D eigenvalue weighted by molar-refractivity contribution is 5.90. The number of ether oxygens (including phenoxy) is 1. The largest absolute Gasteiger partial charge is 0.508 e. The number of nitrogens with zero attached hydrogens (tertiary/aromatic N) is 1. The van der Waals surface area contributed by atoms with Crippen LogP contribution < -0.4 is 10.1 Å². The van der Waals surface area contributed by atoms with Gasteiger partial charge in [0.2, 0.25) is 0 Å². The van der Waals surface area contributed by atoms with Crippen molar-refractivity contribution in [2.75, 3.05) is 11.9 Å². The molecule has 0 aliphatic heterocycles. The highest BCUT2D eigenvalue weighted by Gasteiger charge is 2.18. The zero-order valence-electron chi connectivity index (χ0n) is 16.7. The number of furan rings is 1. The summed E-state index contributed by atoms with van der Waals surface area (Å²) in [4.78, 5) is 14.6. The fourth-order valence-electron chi connectivity index (χ4n) is 2.92. The first-order chi connectivity index (χ1) is 14.1. The summed E-state index contributed by atoms with van der Waals surface area (Å²) in [6.45, 7) is 5.16. The number of aromatic hydroxyl groups is 1. The Morgan fingerprint density at radius 2 is 1.97 bits per heavy atom. The highest BCUT2D eigenvalue weighted by Crippen LogP contribution is 2.24. The number of hydrogen-bond acceptors (Lipinski definition) is 4. The molecule has 2 N–H and O–H groups in total. The van der Waals surface area contributed by atoms with E-state index in [1.165, 1.54) is 0 Å². The molecule has 3 rings (SSSR count). The summed E-state index contributed by atoms with van der Waals surface area (Å²) >= 11 is 0. The Morgan fingerprint density at radius 3 is 2.66 bits per heavy atom. The van der Waals surface area contributed by atoms with Crippen molar-refractivity contribution in [3.63, 3.8) is 0 Å². The summed E-state index contributed by atoms with van der Waals surface area (Å²) in [7, 11) is 0. The molecule has 29 heavy (non-hydrogen) atoms. The van der Waals surface area contributed by atoms with Crippen molar-refractivity contribution in [3.8, 4) is 11.5 Å². The van der Waals surface area contributed by atoms with Crippen molar-refractivity contribution in [1.82, 2.24) is 4.90 Å². The van der Waals surface area contributed by atoms with Gasteiger partial charge in [0, 0.05) is 11.3 Å². The van der Waals surface area contributed by atoms with E-state index in [-0.39, 0.29) is 24.9 Å². The molecule has 0 spiro atoms. The minimum Gasteiger partial charge on any atom is -0.508 e. The maximum atomic E-state index is 13.0. The van der Waals surface area contributed by atoms with Gasteiger partial charge in [-0.05, 0) is 55.3 Å². The molecular weight excluding hydrogens is 368 g/mol. The Hall–Kier alpha value is -3.41. The van der Waals surface area contributed by atoms with Crippen LogP contribution in [0.2, 0.25) is 0 Å². The summed E-state index contributed by atoms with van der Waals surface area (Å²) in [6.07, 6.45) is 2.51. The number of hydrogen-bond donors (Lipinski definition) is 2. The Morgan fingerprint density at radius 1 is 1.14 bits per heavy atom. The molecule has 6 heteroatoms. The third-order valence-corrected chi connectivity index (χ3v) is 4.48. The van der Waals surface area contributed by atoms with Crippen molar-refractivity contribution in [2.24, 2.45) is 0 Å². The van der Waals surface area contributed by atoms with Gasteiger partial charge in [-0.15, -0.1) is 0 Å². The van der Waals surface area contributed by atoms with Crippen molar-refractivity contribution < 1.29 is 19.1 Å². The fourth-order valence-corrected chi connectivity index (χ4v) is 2.92. The number of rotatable bonds is 8. The average molecular weight is 394 g/mol. The van der Waals surface area contributed by atoms with Crippen LogP contribution in [0.15, 0.2) is 65.3 Å². The molecule has 3 aromatic rings. The lowest BCUT2D eigenvalue weighted by atomic mass is 10.2. The van der Waals surface area contributed by atoms with Crippen LogP contribution in [0.4, 0.5) is 10.5 Å². The number of phenolic OH excluding ortho intramolecular Hbond substituents is 1. The van der Waals surface area contributed by atoms with E-state index in [0.717, 1.165) is 17.7 Å². The van der Waals surface area contributed by atoms with Gasteiger partial charge in [0.25, 0.3) is 0 Å². The van der Waals surface area contributed by atoms with Crippen LogP contribution >= 0.6 is 0 Å². The van der Waals surface area contributed by atoms with Gasteiger partial charge in [-0.2, -0.15) is 0 Å². The summed E-state index contributed by atoms with van der Waals surface area (Å²) in [5.74, 6) is 1.60. The molecule has 2 amide bonds. The molecule has 0 unspecified atom stereocenters. The van der Waals surface area contributed by atoms with Gasteiger partial charge in [-0.3, -0.25) is 0 Å². The molecule has 1 aromatic heterocycles. The Kier molecular flexibility index (Phi) is 6.79. The van der Waals surface area contributed by atoms with Crippen LogP contribution in [0.5, 0.6) is 11.5 Å². The fraction of sp³-hybridized carbons (Fsp3) is 0.261. The van der Waals surface area contributed by atoms with Crippen LogP contribution in [0.25, 0.3) is 0 Å². The van der Waals surface area contributed by atoms with Crippen molar-refractivity contribution >= 4 is 11.7 Å². The third kappa shape index (κ3) is 5.54. The number of nitrogens with one attached hydrogen (secondary N) is 1. The highest BCUT2D eigenvalue weighted by atomic mass is 16.5. The number of anilines is 1. The second-order valence-electron chi connectivity index (χ2n) is 6.82. The summed E-state index contributed by atoms with van der Waals surface area (Å²) < 4.78 is 11.1. The van der Waals surface area contributed by atoms with E-state index < -0.39 is 0 Å². The summed E-state index contributed by atoms with van der Waals surface area (Å²) in [5.41, 5.74) is 2.28. The quantitative estimate of drug-likeness (QED) is 0.542. The number of aryl methyl sites for hydroxylation is 1. The zero-order chi connectivity index (χ0) is 20.6. The Bertz CT molecular complexity index is 938. The molecule has 2 aromatic carbocycles. The van der Waals surface area contributed by atoms with Gasteiger partial charge in [0.15, 0.2) is 0 Å². The second kappa shape index (κ2) is 9.68. The maximum absolute atomic E-state index is 13.0. The van der Waals surface area contributed by atoms with Crippen LogP contribution in [-0.2, 0) is 13.1 Å². The second-order valence-corrected chi connectivity index (χ2v) is 6.82. The molecule has 0 saturated carbocycles. The van der Waals surface area contributed by atoms with E-state index in [0.29, 0.717) is 23.6 Å². The molecule has 0 aliphatic rings. The van der Waals surface area contributed by atoms with E-state index in [4.69, 9.17) is 9.15 Å². The van der Waals surface area contributed by atoms with Gasteiger partial charge < -0.3 is 24.5 Å². The number of carbonyl (C=O) groups excluding carboxylic acids is 1. The van der Waals surface area contributed by atoms with Gasteiger partial charge >= 0.3 is 6.03 Å². The summed E-state index contributed by atoms with van der Waals surface area (Å²) in [6, 6.07) is 15.9. The molecule has 1 heterocycles. The number of urea groups is 1. The first-order valence-corrected chi connectivity index (χ1v) is 9.65. The minimum absolute atomic E-state index is 0.151. The maximum Gasteiger partial charge on any atom is 0.322 e. The number of benzene rings is 2. The lowest BCUT2D eigenvalue weighted by Crippen LogP contribution is -2.34. The van der Waals surface area contributed by atoms with E-state index in [9.17, 15) is 9.90 Å². The van der Waals surface area contributed by atoms with Crippen molar-refractivity contribution in [1.29, 1.82) is 0 Å². The van der Waals surface area contributed by atoms with Crippen LogP contribution in [0, 0.1) is 6.92 Å². The SMILES string of the molecule is CCCOc1ccc(NC(=O)N(Cc2ccco2)Cc2ccccc2O)c(C)c1. The van der Waals surface area contributed by atoms with E-state index in [1.54, 1.807) is 35.4 Å². The van der Waals surface area contributed by atoms with Crippen LogP contribution in [0.1, 0.15) is 30.2 Å². The first kappa shape index (κ1) is 20.3. The predicted molar refractivity (Wildman–Crippen MR) is 112 cm³/mol. The smallest absolute Gasteiger partial charge is 0.322 e. The van der Waals surface area contributed by atoms with Gasteiger partial charge in [-0.1, -0.05) is 25.1 Å². The summed E-state index contributed by atoms with van der Waals surface area (Å²) in [5, 5.41) is 13.1. The average Bonchev–Trinajstić information content (AvgIpc) is 3.22. The van der Waals surface area contributed by atoms with Gasteiger partial charge in [-0.25, -0.2) is 4.79 Å². The number of para-hydroxylation sites is 1. The predicted octanol–water partition coefficient (Wildman–Crippen LogP) is 5.32. The molecule has 0 radical (unpaired) electrons. The monoisotopic (exact) mass is 394 g/mol. The first-order valence-electron chi connectivity index (χ1n) is 9.65. The molecular formula is C23H26N2O4. The van der Waals surface area contributed by atoms with Crippen molar-refractivity contribution in [2.45, 2.75) is 33.4 Å². The molecule has 0 atom stereocenters. The number of phenols is 1. The minimum atomic E-state index is -0.282. The molecule has 6 nitrogen and oxygen atoms in total. The molecule has 0 bridgehead atoms. The van der Waals surface area contributed by atoms with E-state index in [2.05, 4.69) is 12.2 Å². The molecule has 0 saturated heterocycles. The lowest BCUT2D eigenvalue weighted by Gasteiger charge is -2.23. The normalized spacial score (nSPS) is 10.6. The van der Waals surface area contributed by atoms with Crippen LogP contribution in [-0.4, -0.2) is 22.6 Å². The van der Waals surface area contributed by atoms with Crippen molar-refractivity contribution in [3.05, 3.63) is 77.7 Å². The lowest BCUT2D eigenvalue weighted by molar-refractivity contribution is 0.200. The zero-order valence-corrected chi connectivity index (χ0v) is 16.7. The molecule has 0 fully saturated rings. The van der Waals surface area contributed by atoms with Crippen LogP contribution in [0.3, 0.4) is 0 Å². The van der Waals surface area contributed by atoms with Gasteiger partial charge in [0.05, 0.1) is 26.0 Å². The van der Waals surface area contributed by atoms with E-state index in [1.807, 2.05) is 37.3 Å². The standard InChI is InChI=1S/C23H26N2O4/c1-3-12-28-19-10-11-21(17(2)14-19)24-23(27)25(16-20-8-6-13-29-20)15-18-7-4-5-9-22(18)26/h4-11,13-14,26H,3,12,15-16H2,1-2H3,(H,24,27). The number of carbonyl (C=O) groups is 1. The number of amides is 2.